The molecule has 2 aromatic carbocycles. The van der Waals surface area contributed by atoms with Gasteiger partial charge in [-0.25, -0.2) is 4.79 Å². The number of aromatic amines is 1. The molecule has 0 aliphatic carbocycles. The van der Waals surface area contributed by atoms with E-state index < -0.39 is 11.4 Å². The number of para-hydroxylation sites is 1. The van der Waals surface area contributed by atoms with E-state index in [1.54, 1.807) is 11.1 Å². The number of H-pyrrole nitrogens is 1. The monoisotopic (exact) mass is 583 g/mol. The van der Waals surface area contributed by atoms with Gasteiger partial charge in [0.05, 0.1) is 36.5 Å². The van der Waals surface area contributed by atoms with Crippen LogP contribution in [0.4, 0.5) is 0 Å². The van der Waals surface area contributed by atoms with Crippen molar-refractivity contribution in [1.82, 2.24) is 15.2 Å². The predicted octanol–water partition coefficient (Wildman–Crippen LogP) is 6.15. The molecule has 0 spiro atoms. The zero-order chi connectivity index (χ0) is 30.2. The molecule has 7 heteroatoms. The zero-order valence-corrected chi connectivity index (χ0v) is 26.2. The van der Waals surface area contributed by atoms with Crippen LogP contribution < -0.4 is 5.32 Å². The lowest BCUT2D eigenvalue weighted by Gasteiger charge is -2.49. The van der Waals surface area contributed by atoms with E-state index in [0.29, 0.717) is 23.7 Å². The van der Waals surface area contributed by atoms with Crippen molar-refractivity contribution in [3.8, 4) is 0 Å². The van der Waals surface area contributed by atoms with Gasteiger partial charge in [0.15, 0.2) is 0 Å². The highest BCUT2D eigenvalue weighted by Crippen LogP contribution is 2.41. The summed E-state index contributed by atoms with van der Waals surface area (Å²) in [5.74, 6) is -0.517. The summed E-state index contributed by atoms with van der Waals surface area (Å²) in [4.78, 5) is 33.0. The Morgan fingerprint density at radius 2 is 1.77 bits per heavy atom. The van der Waals surface area contributed by atoms with E-state index in [1.807, 2.05) is 44.2 Å². The minimum Gasteiger partial charge on any atom is -0.459 e. The first kappa shape index (κ1) is 29.6. The zero-order valence-electron chi connectivity index (χ0n) is 26.2. The van der Waals surface area contributed by atoms with Gasteiger partial charge >= 0.3 is 5.97 Å². The number of carbonyl (C=O) groups is 2. The Kier molecular flexibility index (Phi) is 8.22. The standard InChI is InChI=1S/C36H47N4O3/c1-25(2)43-35(42)30-22-39(24-36(3,4)32-29-13-6-7-14-31(29)38-33(30)32)34(41)27-12-10-11-26(21-27)23-40(19-8-5-9-20-40)28-15-17-37-18-16-28/h6-7,10-14,21-22,25,28,37-38H,5,8-9,15-20,23-24H2,1-4H3/q+1. The molecule has 0 radical (unpaired) electrons. The first-order chi connectivity index (χ1) is 20.7. The van der Waals surface area contributed by atoms with Crippen LogP contribution in [0.5, 0.6) is 0 Å². The number of amides is 1. The SMILES string of the molecule is CC(C)OC(=O)C1=CN(C(=O)c2cccc(C[N+]3(C4CCNCC4)CCCCC3)c2)CC(C)(C)c2c1[nH]c1ccccc21. The van der Waals surface area contributed by atoms with E-state index >= 15 is 0 Å². The molecule has 0 bridgehead atoms. The molecule has 3 aliphatic rings. The third-order valence-corrected chi connectivity index (χ3v) is 9.79. The maximum absolute atomic E-state index is 14.3. The lowest BCUT2D eigenvalue weighted by Crippen LogP contribution is -2.59. The van der Waals surface area contributed by atoms with Crippen molar-refractivity contribution in [3.05, 3.63) is 77.1 Å². The van der Waals surface area contributed by atoms with Gasteiger partial charge in [-0.15, -0.1) is 0 Å². The summed E-state index contributed by atoms with van der Waals surface area (Å²) in [6, 6.07) is 17.0. The summed E-state index contributed by atoms with van der Waals surface area (Å²) in [5.41, 5.74) is 4.60. The fourth-order valence-corrected chi connectivity index (χ4v) is 7.86. The number of rotatable bonds is 6. The normalized spacial score (nSPS) is 20.4. The van der Waals surface area contributed by atoms with E-state index in [4.69, 9.17) is 4.74 Å². The number of quaternary nitrogens is 1. The molecule has 0 saturated carbocycles. The summed E-state index contributed by atoms with van der Waals surface area (Å²) in [7, 11) is 0. The maximum Gasteiger partial charge on any atom is 0.342 e. The van der Waals surface area contributed by atoms with E-state index in [-0.39, 0.29) is 12.0 Å². The van der Waals surface area contributed by atoms with Gasteiger partial charge in [-0.1, -0.05) is 44.2 Å². The first-order valence-corrected chi connectivity index (χ1v) is 16.2. The van der Waals surface area contributed by atoms with Gasteiger partial charge in [0.25, 0.3) is 5.91 Å². The van der Waals surface area contributed by atoms with Gasteiger partial charge in [-0.2, -0.15) is 0 Å². The molecule has 2 N–H and O–H groups in total. The van der Waals surface area contributed by atoms with Crippen molar-refractivity contribution in [3.63, 3.8) is 0 Å². The van der Waals surface area contributed by atoms with Gasteiger partial charge in [-0.05, 0) is 56.9 Å². The smallest absolute Gasteiger partial charge is 0.342 e. The van der Waals surface area contributed by atoms with Crippen molar-refractivity contribution in [2.24, 2.45) is 0 Å². The average Bonchev–Trinajstić information content (AvgIpc) is 3.34. The van der Waals surface area contributed by atoms with Crippen LogP contribution in [0, 0.1) is 0 Å². The van der Waals surface area contributed by atoms with E-state index in [1.165, 1.54) is 50.8 Å². The molecule has 228 valence electrons. The molecule has 43 heavy (non-hydrogen) atoms. The number of esters is 1. The molecule has 7 nitrogen and oxygen atoms in total. The first-order valence-electron chi connectivity index (χ1n) is 16.2. The fraction of sp³-hybridized carbons (Fsp3) is 0.500. The third-order valence-electron chi connectivity index (χ3n) is 9.79. The summed E-state index contributed by atoms with van der Waals surface area (Å²) in [5, 5.41) is 4.61. The molecule has 4 heterocycles. The second-order valence-electron chi connectivity index (χ2n) is 13.8. The number of hydrogen-bond acceptors (Lipinski definition) is 4. The summed E-state index contributed by atoms with van der Waals surface area (Å²) in [6.45, 7) is 14.0. The third kappa shape index (κ3) is 5.89. The van der Waals surface area contributed by atoms with Crippen LogP contribution in [-0.4, -0.2) is 71.1 Å². The Labute approximate surface area is 255 Å². The Morgan fingerprint density at radius 1 is 1.02 bits per heavy atom. The van der Waals surface area contributed by atoms with Crippen LogP contribution in [0.3, 0.4) is 0 Å². The van der Waals surface area contributed by atoms with Crippen molar-refractivity contribution >= 4 is 28.4 Å². The second kappa shape index (κ2) is 11.9. The van der Waals surface area contributed by atoms with Crippen molar-refractivity contribution < 1.29 is 18.8 Å². The highest BCUT2D eigenvalue weighted by Gasteiger charge is 2.40. The number of nitrogens with one attached hydrogen (secondary N) is 2. The molecule has 3 aliphatic heterocycles. The minimum absolute atomic E-state index is 0.0914. The van der Waals surface area contributed by atoms with Crippen molar-refractivity contribution in [1.29, 1.82) is 0 Å². The minimum atomic E-state index is -0.425. The van der Waals surface area contributed by atoms with Crippen LogP contribution in [-0.2, 0) is 21.5 Å². The van der Waals surface area contributed by atoms with Gasteiger partial charge < -0.3 is 24.4 Å². The topological polar surface area (TPSA) is 74.4 Å². The number of fused-ring (bicyclic) bond motifs is 3. The highest BCUT2D eigenvalue weighted by atomic mass is 16.5. The second-order valence-corrected chi connectivity index (χ2v) is 13.8. The van der Waals surface area contributed by atoms with E-state index in [9.17, 15) is 9.59 Å². The quantitative estimate of drug-likeness (QED) is 0.270. The number of aromatic nitrogens is 1. The average molecular weight is 584 g/mol. The van der Waals surface area contributed by atoms with Gasteiger partial charge in [-0.3, -0.25) is 4.79 Å². The number of likely N-dealkylation sites (tertiary alicyclic amines) is 1. The Hall–Kier alpha value is -3.42. The number of piperidine rings is 2. The molecule has 0 unspecified atom stereocenters. The number of carbonyl (C=O) groups excluding carboxylic acids is 2. The van der Waals surface area contributed by atoms with Crippen LogP contribution in [0.15, 0.2) is 54.7 Å². The Balaban J connectivity index is 1.35. The largest absolute Gasteiger partial charge is 0.459 e. The molecule has 6 rings (SSSR count). The van der Waals surface area contributed by atoms with Crippen molar-refractivity contribution in [2.45, 2.75) is 83.9 Å². The number of ether oxygens (including phenoxy) is 1. The number of nitrogens with zero attached hydrogens (tertiary/aromatic N) is 2. The van der Waals surface area contributed by atoms with Gasteiger partial charge in [0, 0.05) is 66.1 Å². The lowest BCUT2D eigenvalue weighted by atomic mass is 9.81. The van der Waals surface area contributed by atoms with Crippen LogP contribution in [0.2, 0.25) is 0 Å². The number of hydrogen-bond donors (Lipinski definition) is 2. The number of benzene rings is 2. The van der Waals surface area contributed by atoms with Crippen LogP contribution >= 0.6 is 0 Å². The highest BCUT2D eigenvalue weighted by molar-refractivity contribution is 6.18. The predicted molar refractivity (Wildman–Crippen MR) is 171 cm³/mol. The Morgan fingerprint density at radius 3 is 2.51 bits per heavy atom. The van der Waals surface area contributed by atoms with Crippen LogP contribution in [0.25, 0.3) is 16.5 Å². The molecule has 2 fully saturated rings. The molecular formula is C36H47N4O3+. The molecule has 1 aromatic heterocycles. The van der Waals surface area contributed by atoms with Crippen LogP contribution in [0.1, 0.15) is 87.0 Å². The molecule has 3 aromatic rings. The van der Waals surface area contributed by atoms with Crippen molar-refractivity contribution in [2.75, 3.05) is 32.7 Å². The fourth-order valence-electron chi connectivity index (χ4n) is 7.86. The van der Waals surface area contributed by atoms with Gasteiger partial charge in [0.1, 0.15) is 6.54 Å². The maximum atomic E-state index is 14.3. The lowest BCUT2D eigenvalue weighted by molar-refractivity contribution is -0.968. The van der Waals surface area contributed by atoms with E-state index in [0.717, 1.165) is 46.3 Å². The summed E-state index contributed by atoms with van der Waals surface area (Å²) < 4.78 is 6.84. The molecule has 2 saturated heterocycles. The summed E-state index contributed by atoms with van der Waals surface area (Å²) in [6.07, 6.45) is 7.76. The molecule has 1 amide bonds. The molecular weight excluding hydrogens is 536 g/mol. The van der Waals surface area contributed by atoms with E-state index in [2.05, 4.69) is 42.3 Å². The summed E-state index contributed by atoms with van der Waals surface area (Å²) >= 11 is 0. The molecule has 0 atom stereocenters. The Bertz CT molecular complexity index is 1520. The van der Waals surface area contributed by atoms with Gasteiger partial charge in [0.2, 0.25) is 0 Å².